The number of ketones is 2. The first-order chi connectivity index (χ1) is 9.86. The van der Waals surface area contributed by atoms with E-state index in [0.29, 0.717) is 34.9 Å². The smallest absolute Gasteiger partial charge is 0.235 e. The number of Topliss-reactive ketones (excluding diaryl/α,β-unsaturated/α-hetero) is 2. The molecule has 0 aliphatic heterocycles. The summed E-state index contributed by atoms with van der Waals surface area (Å²) in [6, 6.07) is 5.02. The first-order valence-corrected chi connectivity index (χ1v) is 7.45. The van der Waals surface area contributed by atoms with Crippen molar-refractivity contribution in [3.63, 3.8) is 0 Å². The number of hydrogen-bond acceptors (Lipinski definition) is 3. The molecule has 0 saturated heterocycles. The Bertz CT molecular complexity index is 673. The highest BCUT2D eigenvalue weighted by molar-refractivity contribution is 6.42. The van der Waals surface area contributed by atoms with Gasteiger partial charge in [-0.2, -0.15) is 0 Å². The largest absolute Gasteiger partial charge is 0.369 e. The summed E-state index contributed by atoms with van der Waals surface area (Å²) < 4.78 is 0. The number of rotatable bonds is 2. The third-order valence-corrected chi connectivity index (χ3v) is 5.43. The van der Waals surface area contributed by atoms with Gasteiger partial charge in [0.2, 0.25) is 5.91 Å². The minimum Gasteiger partial charge on any atom is -0.369 e. The molecule has 6 heteroatoms. The summed E-state index contributed by atoms with van der Waals surface area (Å²) in [6.07, 6.45) is 1.55. The van der Waals surface area contributed by atoms with E-state index >= 15 is 0 Å². The van der Waals surface area contributed by atoms with Crippen LogP contribution in [0, 0.1) is 11.8 Å². The summed E-state index contributed by atoms with van der Waals surface area (Å²) in [5, 5.41) is 0.754. The summed E-state index contributed by atoms with van der Waals surface area (Å²) in [7, 11) is 0. The molecular formula is C15H13Cl2NO3. The summed E-state index contributed by atoms with van der Waals surface area (Å²) in [5.41, 5.74) is 5.13. The third-order valence-electron chi connectivity index (χ3n) is 4.69. The van der Waals surface area contributed by atoms with Crippen LogP contribution in [0.3, 0.4) is 0 Å². The normalized spacial score (nSPS) is 31.5. The van der Waals surface area contributed by atoms with Crippen molar-refractivity contribution in [1.82, 2.24) is 0 Å². The molecule has 0 radical (unpaired) electrons. The van der Waals surface area contributed by atoms with Gasteiger partial charge in [-0.1, -0.05) is 29.3 Å². The van der Waals surface area contributed by atoms with E-state index in [9.17, 15) is 14.4 Å². The minimum absolute atomic E-state index is 0.283. The molecule has 3 rings (SSSR count). The van der Waals surface area contributed by atoms with E-state index in [2.05, 4.69) is 0 Å². The first kappa shape index (κ1) is 14.5. The molecule has 2 saturated carbocycles. The lowest BCUT2D eigenvalue weighted by molar-refractivity contribution is -0.146. The molecule has 0 heterocycles. The van der Waals surface area contributed by atoms with Crippen molar-refractivity contribution in [2.75, 3.05) is 0 Å². The van der Waals surface area contributed by atoms with Crippen LogP contribution in [-0.2, 0) is 19.8 Å². The Hall–Kier alpha value is -1.39. The highest BCUT2D eigenvalue weighted by Gasteiger charge is 2.58. The molecule has 3 atom stereocenters. The molecule has 2 aliphatic rings. The van der Waals surface area contributed by atoms with Gasteiger partial charge in [-0.3, -0.25) is 14.4 Å². The van der Waals surface area contributed by atoms with Crippen molar-refractivity contribution in [2.24, 2.45) is 17.6 Å². The Kier molecular flexibility index (Phi) is 3.34. The number of carbonyl (C=O) groups excluding carboxylic acids is 3. The second kappa shape index (κ2) is 4.82. The van der Waals surface area contributed by atoms with Gasteiger partial charge in [-0.05, 0) is 37.0 Å². The molecule has 2 aliphatic carbocycles. The maximum atomic E-state index is 12.8. The highest BCUT2D eigenvalue weighted by atomic mass is 35.5. The number of amides is 1. The molecule has 0 aromatic heterocycles. The van der Waals surface area contributed by atoms with Gasteiger partial charge in [0.25, 0.3) is 0 Å². The molecule has 1 amide bonds. The van der Waals surface area contributed by atoms with Crippen molar-refractivity contribution >= 4 is 40.7 Å². The highest BCUT2D eigenvalue weighted by Crippen LogP contribution is 2.51. The predicted molar refractivity (Wildman–Crippen MR) is 78.2 cm³/mol. The SMILES string of the molecule is NC(=O)C1C(=O)C2CCC(c3ccc(Cl)c(Cl)c3)(C2)C1=O. The van der Waals surface area contributed by atoms with Gasteiger partial charge in [0.1, 0.15) is 0 Å². The predicted octanol–water partition coefficient (Wildman–Crippen LogP) is 2.28. The van der Waals surface area contributed by atoms with Crippen molar-refractivity contribution in [3.05, 3.63) is 33.8 Å². The topological polar surface area (TPSA) is 77.2 Å². The van der Waals surface area contributed by atoms with E-state index in [1.807, 2.05) is 0 Å². The number of carbonyl (C=O) groups is 3. The van der Waals surface area contributed by atoms with E-state index < -0.39 is 23.0 Å². The quantitative estimate of drug-likeness (QED) is 0.847. The van der Waals surface area contributed by atoms with Crippen LogP contribution in [0.15, 0.2) is 18.2 Å². The fourth-order valence-corrected chi connectivity index (χ4v) is 3.92. The fourth-order valence-electron chi connectivity index (χ4n) is 3.62. The van der Waals surface area contributed by atoms with E-state index in [1.54, 1.807) is 18.2 Å². The minimum atomic E-state index is -1.33. The lowest BCUT2D eigenvalue weighted by Crippen LogP contribution is -2.51. The molecule has 2 fully saturated rings. The van der Waals surface area contributed by atoms with Crippen molar-refractivity contribution in [1.29, 1.82) is 0 Å². The lowest BCUT2D eigenvalue weighted by Gasteiger charge is -2.35. The number of nitrogens with two attached hydrogens (primary N) is 1. The van der Waals surface area contributed by atoms with Crippen LogP contribution >= 0.6 is 23.2 Å². The fraction of sp³-hybridized carbons (Fsp3) is 0.400. The van der Waals surface area contributed by atoms with Crippen molar-refractivity contribution in [2.45, 2.75) is 24.7 Å². The van der Waals surface area contributed by atoms with Crippen molar-refractivity contribution < 1.29 is 14.4 Å². The van der Waals surface area contributed by atoms with E-state index in [4.69, 9.17) is 28.9 Å². The van der Waals surface area contributed by atoms with Gasteiger partial charge in [0.05, 0.1) is 15.5 Å². The molecule has 2 N–H and O–H groups in total. The van der Waals surface area contributed by atoms with Gasteiger partial charge >= 0.3 is 0 Å². The van der Waals surface area contributed by atoms with Crippen LogP contribution < -0.4 is 5.73 Å². The number of fused-ring (bicyclic) bond motifs is 2. The van der Waals surface area contributed by atoms with Crippen molar-refractivity contribution in [3.8, 4) is 0 Å². The second-order valence-corrected chi connectivity index (χ2v) is 6.57. The summed E-state index contributed by atoms with van der Waals surface area (Å²) in [4.78, 5) is 36.4. The number of halogens is 2. The molecular weight excluding hydrogens is 313 g/mol. The maximum Gasteiger partial charge on any atom is 0.235 e. The van der Waals surface area contributed by atoms with Gasteiger partial charge in [0.15, 0.2) is 17.5 Å². The molecule has 1 aromatic rings. The van der Waals surface area contributed by atoms with E-state index in [1.165, 1.54) is 0 Å². The Morgan fingerprint density at radius 2 is 1.95 bits per heavy atom. The van der Waals surface area contributed by atoms with Gasteiger partial charge in [0, 0.05) is 5.92 Å². The zero-order valence-electron chi connectivity index (χ0n) is 11.1. The third kappa shape index (κ3) is 2.00. The second-order valence-electron chi connectivity index (χ2n) is 5.75. The van der Waals surface area contributed by atoms with Gasteiger partial charge in [-0.25, -0.2) is 0 Å². The Morgan fingerprint density at radius 1 is 1.24 bits per heavy atom. The molecule has 21 heavy (non-hydrogen) atoms. The number of benzene rings is 1. The van der Waals surface area contributed by atoms with Crippen LogP contribution in [0.2, 0.25) is 10.0 Å². The molecule has 110 valence electrons. The Morgan fingerprint density at radius 3 is 2.57 bits per heavy atom. The number of primary amides is 1. The van der Waals surface area contributed by atoms with Crippen LogP contribution in [0.4, 0.5) is 0 Å². The summed E-state index contributed by atoms with van der Waals surface area (Å²) in [5.74, 6) is -3.20. The van der Waals surface area contributed by atoms with Crippen LogP contribution in [0.5, 0.6) is 0 Å². The summed E-state index contributed by atoms with van der Waals surface area (Å²) >= 11 is 12.0. The molecule has 0 spiro atoms. The first-order valence-electron chi connectivity index (χ1n) is 6.70. The van der Waals surface area contributed by atoms with Crippen LogP contribution in [0.1, 0.15) is 24.8 Å². The zero-order chi connectivity index (χ0) is 15.4. The molecule has 1 aromatic carbocycles. The van der Waals surface area contributed by atoms with Gasteiger partial charge in [-0.15, -0.1) is 0 Å². The van der Waals surface area contributed by atoms with E-state index in [0.717, 1.165) is 0 Å². The average Bonchev–Trinajstić information content (AvgIpc) is 2.83. The maximum absolute atomic E-state index is 12.8. The monoisotopic (exact) mass is 325 g/mol. The Labute approximate surface area is 131 Å². The lowest BCUT2D eigenvalue weighted by atomic mass is 9.65. The Balaban J connectivity index is 2.12. The molecule has 2 bridgehead atoms. The molecule has 3 unspecified atom stereocenters. The number of hydrogen-bond donors (Lipinski definition) is 1. The van der Waals surface area contributed by atoms with Crippen LogP contribution in [-0.4, -0.2) is 17.5 Å². The summed E-state index contributed by atoms with van der Waals surface area (Å²) in [6.45, 7) is 0. The van der Waals surface area contributed by atoms with Crippen LogP contribution in [0.25, 0.3) is 0 Å². The zero-order valence-corrected chi connectivity index (χ0v) is 12.6. The van der Waals surface area contributed by atoms with E-state index in [-0.39, 0.29) is 11.7 Å². The molecule has 4 nitrogen and oxygen atoms in total. The average molecular weight is 326 g/mol. The standard InChI is InChI=1S/C15H13Cl2NO3/c16-9-2-1-8(5-10(9)17)15-4-3-7(6-15)12(19)11(13(15)20)14(18)21/h1-2,5,7,11H,3-4,6H2,(H2,18,21). The van der Waals surface area contributed by atoms with Gasteiger partial charge < -0.3 is 5.73 Å².